The third-order valence-corrected chi connectivity index (χ3v) is 5.61. The smallest absolute Gasteiger partial charge is 0.267 e. The van der Waals surface area contributed by atoms with Gasteiger partial charge in [0.1, 0.15) is 5.04 Å². The average molecular weight is 374 g/mol. The Kier molecular flexibility index (Phi) is 3.06. The van der Waals surface area contributed by atoms with Crippen LogP contribution >= 0.6 is 27.7 Å². The summed E-state index contributed by atoms with van der Waals surface area (Å²) in [6.07, 6.45) is 0. The summed E-state index contributed by atoms with van der Waals surface area (Å²) in [6, 6.07) is 13.9. The molecule has 2 aromatic carbocycles. The summed E-state index contributed by atoms with van der Waals surface area (Å²) in [5.74, 6) is -0.0866. The Morgan fingerprint density at radius 3 is 2.73 bits per heavy atom. The zero-order valence-electron chi connectivity index (χ0n) is 11.7. The van der Waals surface area contributed by atoms with Crippen LogP contribution in [0.4, 0.5) is 5.69 Å². The second-order valence-electron chi connectivity index (χ2n) is 5.32. The third-order valence-electron chi connectivity index (χ3n) is 3.79. The van der Waals surface area contributed by atoms with E-state index >= 15 is 0 Å². The van der Waals surface area contributed by atoms with E-state index in [1.807, 2.05) is 49.4 Å². The van der Waals surface area contributed by atoms with Gasteiger partial charge in [-0.1, -0.05) is 57.5 Å². The van der Waals surface area contributed by atoms with Gasteiger partial charge in [-0.05, 0) is 25.1 Å². The standard InChI is InChI=1S/C16H12BrN3OS/c1-9-2-4-10(5-3-9)14-19-20-16(22-14)12-8-11(17)6-7-13(12)18-15(16)21/h2-8,20H,1H3,(H,18,21)/t16-/m0/s1. The van der Waals surface area contributed by atoms with Crippen molar-refractivity contribution in [3.05, 3.63) is 63.6 Å². The molecule has 0 radical (unpaired) electrons. The summed E-state index contributed by atoms with van der Waals surface area (Å²) < 4.78 is 0.938. The van der Waals surface area contributed by atoms with E-state index in [4.69, 9.17) is 0 Å². The number of anilines is 1. The number of hydrazone groups is 1. The molecule has 0 aliphatic carbocycles. The molecule has 4 rings (SSSR count). The van der Waals surface area contributed by atoms with Crippen molar-refractivity contribution in [2.75, 3.05) is 5.32 Å². The molecule has 110 valence electrons. The predicted octanol–water partition coefficient (Wildman–Crippen LogP) is 3.56. The highest BCUT2D eigenvalue weighted by Crippen LogP contribution is 2.48. The van der Waals surface area contributed by atoms with Gasteiger partial charge in [0.05, 0.1) is 0 Å². The number of nitrogens with one attached hydrogen (secondary N) is 2. The fraction of sp³-hybridized carbons (Fsp3) is 0.125. The number of fused-ring (bicyclic) bond motifs is 2. The van der Waals surface area contributed by atoms with Crippen LogP contribution in [0, 0.1) is 6.92 Å². The molecule has 4 nitrogen and oxygen atoms in total. The van der Waals surface area contributed by atoms with E-state index in [-0.39, 0.29) is 5.91 Å². The van der Waals surface area contributed by atoms with Crippen molar-refractivity contribution in [1.29, 1.82) is 0 Å². The summed E-state index contributed by atoms with van der Waals surface area (Å²) in [7, 11) is 0. The normalized spacial score (nSPS) is 22.3. The van der Waals surface area contributed by atoms with Gasteiger partial charge < -0.3 is 5.32 Å². The number of carbonyl (C=O) groups is 1. The molecule has 1 amide bonds. The highest BCUT2D eigenvalue weighted by atomic mass is 79.9. The van der Waals surface area contributed by atoms with Crippen LogP contribution in [0.25, 0.3) is 0 Å². The van der Waals surface area contributed by atoms with Gasteiger partial charge in [-0.2, -0.15) is 5.10 Å². The molecule has 0 aromatic heterocycles. The molecule has 2 N–H and O–H groups in total. The lowest BCUT2D eigenvalue weighted by molar-refractivity contribution is -0.118. The van der Waals surface area contributed by atoms with Gasteiger partial charge in [0, 0.05) is 21.3 Å². The van der Waals surface area contributed by atoms with Crippen molar-refractivity contribution in [3.8, 4) is 0 Å². The van der Waals surface area contributed by atoms with E-state index < -0.39 is 4.87 Å². The number of thioether (sulfide) groups is 1. The molecule has 6 heteroatoms. The topological polar surface area (TPSA) is 53.5 Å². The molecule has 2 aromatic rings. The zero-order chi connectivity index (χ0) is 15.3. The molecule has 1 spiro atoms. The molecule has 0 unspecified atom stereocenters. The minimum Gasteiger partial charge on any atom is -0.323 e. The van der Waals surface area contributed by atoms with Crippen molar-refractivity contribution in [3.63, 3.8) is 0 Å². The molecule has 2 heterocycles. The van der Waals surface area contributed by atoms with Crippen LogP contribution in [0.2, 0.25) is 0 Å². The van der Waals surface area contributed by atoms with E-state index in [0.29, 0.717) is 0 Å². The highest BCUT2D eigenvalue weighted by Gasteiger charge is 2.52. The van der Waals surface area contributed by atoms with Crippen LogP contribution < -0.4 is 10.7 Å². The van der Waals surface area contributed by atoms with Crippen molar-refractivity contribution < 1.29 is 4.79 Å². The third kappa shape index (κ3) is 1.98. The van der Waals surface area contributed by atoms with Crippen LogP contribution in [0.15, 0.2) is 52.0 Å². The van der Waals surface area contributed by atoms with Gasteiger partial charge in [-0.25, -0.2) is 0 Å². The molecule has 0 saturated carbocycles. The van der Waals surface area contributed by atoms with E-state index in [1.54, 1.807) is 0 Å². The molecule has 2 aliphatic heterocycles. The van der Waals surface area contributed by atoms with Gasteiger partial charge in [0.25, 0.3) is 5.91 Å². The Morgan fingerprint density at radius 2 is 1.95 bits per heavy atom. The maximum atomic E-state index is 12.5. The first-order valence-electron chi connectivity index (χ1n) is 6.81. The molecule has 0 fully saturated rings. The lowest BCUT2D eigenvalue weighted by Gasteiger charge is -2.20. The minimum absolute atomic E-state index is 0.0866. The number of carbonyl (C=O) groups excluding carboxylic acids is 1. The van der Waals surface area contributed by atoms with Crippen molar-refractivity contribution in [2.24, 2.45) is 5.10 Å². The van der Waals surface area contributed by atoms with Gasteiger partial charge in [0.15, 0.2) is 0 Å². The Bertz CT molecular complexity index is 819. The van der Waals surface area contributed by atoms with Crippen molar-refractivity contribution in [2.45, 2.75) is 11.8 Å². The monoisotopic (exact) mass is 373 g/mol. The number of rotatable bonds is 1. The maximum absolute atomic E-state index is 12.5. The summed E-state index contributed by atoms with van der Waals surface area (Å²) in [6.45, 7) is 2.05. The average Bonchev–Trinajstić information content (AvgIpc) is 3.06. The lowest BCUT2D eigenvalue weighted by Crippen LogP contribution is -2.39. The first kappa shape index (κ1) is 13.8. The SMILES string of the molecule is Cc1ccc(C2=NN[C@@]3(S2)C(=O)Nc2ccc(Br)cc23)cc1. The van der Waals surface area contributed by atoms with E-state index in [1.165, 1.54) is 17.3 Å². The van der Waals surface area contributed by atoms with Crippen LogP contribution in [0.3, 0.4) is 0 Å². The Morgan fingerprint density at radius 1 is 1.18 bits per heavy atom. The Hall–Kier alpha value is -1.79. The van der Waals surface area contributed by atoms with Crippen LogP contribution in [0.5, 0.6) is 0 Å². The van der Waals surface area contributed by atoms with E-state index in [9.17, 15) is 4.79 Å². The Balaban J connectivity index is 1.73. The lowest BCUT2D eigenvalue weighted by atomic mass is 10.1. The number of aryl methyl sites for hydroxylation is 1. The quantitative estimate of drug-likeness (QED) is 0.803. The Labute approximate surface area is 140 Å². The number of hydrogen-bond acceptors (Lipinski definition) is 4. The molecular formula is C16H12BrN3OS. The van der Waals surface area contributed by atoms with Crippen LogP contribution in [-0.4, -0.2) is 11.0 Å². The summed E-state index contributed by atoms with van der Waals surface area (Å²) in [4.78, 5) is 11.6. The van der Waals surface area contributed by atoms with Gasteiger partial charge in [-0.3, -0.25) is 10.2 Å². The van der Waals surface area contributed by atoms with Gasteiger partial charge >= 0.3 is 0 Å². The number of halogens is 1. The van der Waals surface area contributed by atoms with E-state index in [2.05, 4.69) is 31.8 Å². The molecule has 22 heavy (non-hydrogen) atoms. The number of benzene rings is 2. The first-order chi connectivity index (χ1) is 10.6. The number of amides is 1. The maximum Gasteiger partial charge on any atom is 0.267 e. The summed E-state index contributed by atoms with van der Waals surface area (Å²) in [5, 5.41) is 8.15. The van der Waals surface area contributed by atoms with Gasteiger partial charge in [-0.15, -0.1) is 0 Å². The second kappa shape index (κ2) is 4.86. The number of nitrogens with zero attached hydrogens (tertiary/aromatic N) is 1. The molecule has 1 atom stereocenters. The largest absolute Gasteiger partial charge is 0.323 e. The fourth-order valence-corrected chi connectivity index (χ4v) is 4.11. The number of hydrogen-bond donors (Lipinski definition) is 2. The van der Waals surface area contributed by atoms with E-state index in [0.717, 1.165) is 26.3 Å². The predicted molar refractivity (Wildman–Crippen MR) is 92.9 cm³/mol. The van der Waals surface area contributed by atoms with Crippen LogP contribution in [0.1, 0.15) is 16.7 Å². The second-order valence-corrected chi connectivity index (χ2v) is 7.44. The highest BCUT2D eigenvalue weighted by molar-refractivity contribution is 9.10. The molecule has 0 saturated heterocycles. The fourth-order valence-electron chi connectivity index (χ4n) is 2.60. The molecule has 0 bridgehead atoms. The minimum atomic E-state index is -0.876. The molecular weight excluding hydrogens is 362 g/mol. The summed E-state index contributed by atoms with van der Waals surface area (Å²) >= 11 is 4.91. The van der Waals surface area contributed by atoms with Crippen molar-refractivity contribution >= 4 is 44.3 Å². The summed E-state index contributed by atoms with van der Waals surface area (Å²) in [5.41, 5.74) is 6.99. The molecule has 2 aliphatic rings. The zero-order valence-corrected chi connectivity index (χ0v) is 14.1. The van der Waals surface area contributed by atoms with Crippen molar-refractivity contribution in [1.82, 2.24) is 5.43 Å². The first-order valence-corrected chi connectivity index (χ1v) is 8.42. The van der Waals surface area contributed by atoms with Crippen LogP contribution in [-0.2, 0) is 9.67 Å². The van der Waals surface area contributed by atoms with Gasteiger partial charge in [0.2, 0.25) is 4.87 Å².